The molecule has 0 saturated heterocycles. The molecule has 0 fully saturated rings. The van der Waals surface area contributed by atoms with Gasteiger partial charge in [0, 0.05) is 12.8 Å². The second-order valence-electron chi connectivity index (χ2n) is 4.37. The average molecular weight is 288 g/mol. The first-order chi connectivity index (χ1) is 8.74. The van der Waals surface area contributed by atoms with E-state index in [0.29, 0.717) is 23.8 Å². The lowest BCUT2D eigenvalue weighted by Crippen LogP contribution is -2.44. The van der Waals surface area contributed by atoms with Crippen molar-refractivity contribution in [3.8, 4) is 0 Å². The van der Waals surface area contributed by atoms with Crippen LogP contribution >= 0.6 is 11.8 Å². The Balaban J connectivity index is 2.55. The van der Waals surface area contributed by atoms with Crippen LogP contribution in [0.4, 0.5) is 0 Å². The highest BCUT2D eigenvalue weighted by Gasteiger charge is 2.26. The van der Waals surface area contributed by atoms with Crippen molar-refractivity contribution in [3.63, 3.8) is 0 Å². The van der Waals surface area contributed by atoms with Crippen molar-refractivity contribution in [3.05, 3.63) is 20.7 Å². The second-order valence-corrected chi connectivity index (χ2v) is 5.44. The lowest BCUT2D eigenvalue weighted by molar-refractivity contribution is -0.142. The number of carboxylic acid groups (broad SMARTS) is 1. The van der Waals surface area contributed by atoms with Crippen molar-refractivity contribution >= 4 is 17.7 Å². The molecule has 8 nitrogen and oxygen atoms in total. The Hall–Kier alpha value is -1.61. The van der Waals surface area contributed by atoms with E-state index >= 15 is 0 Å². The van der Waals surface area contributed by atoms with Gasteiger partial charge in [-0.3, -0.25) is 24.2 Å². The molecule has 1 aromatic rings. The molecule has 0 saturated carbocycles. The molecule has 0 spiro atoms. The van der Waals surface area contributed by atoms with Gasteiger partial charge in [0.25, 0.3) is 0 Å². The Labute approximate surface area is 113 Å². The number of aryl methyl sites for hydroxylation is 1. The molecule has 0 radical (unpaired) electrons. The summed E-state index contributed by atoms with van der Waals surface area (Å²) in [7, 11) is 1.57. The van der Waals surface area contributed by atoms with Crippen LogP contribution in [0, 0.1) is 0 Å². The van der Waals surface area contributed by atoms with Gasteiger partial charge in [0.1, 0.15) is 5.54 Å². The van der Waals surface area contributed by atoms with Crippen molar-refractivity contribution in [1.82, 2.24) is 14.8 Å². The fraction of sp³-hybridized carbons (Fsp3) is 0.600. The Bertz CT molecular complexity index is 578. The van der Waals surface area contributed by atoms with Crippen LogP contribution in [0.25, 0.3) is 0 Å². The lowest BCUT2D eigenvalue weighted by atomic mass is 9.98. The number of hydrogen-bond acceptors (Lipinski definition) is 6. The number of nitrogens with one attached hydrogen (secondary N) is 1. The van der Waals surface area contributed by atoms with Crippen molar-refractivity contribution in [2.24, 2.45) is 12.8 Å². The van der Waals surface area contributed by atoms with Gasteiger partial charge in [0.2, 0.25) is 0 Å². The van der Waals surface area contributed by atoms with Crippen LogP contribution in [-0.2, 0) is 11.8 Å². The highest BCUT2D eigenvalue weighted by molar-refractivity contribution is 7.99. The largest absolute Gasteiger partial charge is 0.480 e. The molecule has 0 amide bonds. The summed E-state index contributed by atoms with van der Waals surface area (Å²) in [6.45, 7) is 1.45. The van der Waals surface area contributed by atoms with E-state index in [2.05, 4.69) is 10.1 Å². The summed E-state index contributed by atoms with van der Waals surface area (Å²) in [5.74, 6) is -0.501. The van der Waals surface area contributed by atoms with E-state index in [4.69, 9.17) is 10.8 Å². The fourth-order valence-electron chi connectivity index (χ4n) is 1.30. The maximum atomic E-state index is 11.1. The number of carboxylic acids is 1. The molecular weight excluding hydrogens is 272 g/mol. The number of aromatic nitrogens is 3. The Morgan fingerprint density at radius 3 is 2.79 bits per heavy atom. The molecular formula is C10H16N4O4S. The number of nitrogens with zero attached hydrogens (tertiary/aromatic N) is 2. The second kappa shape index (κ2) is 6.02. The molecule has 0 bridgehead atoms. The van der Waals surface area contributed by atoms with Gasteiger partial charge in [-0.05, 0) is 19.8 Å². The summed E-state index contributed by atoms with van der Waals surface area (Å²) >= 11 is 1.26. The Morgan fingerprint density at radius 1 is 1.58 bits per heavy atom. The fourth-order valence-corrected chi connectivity index (χ4v) is 2.16. The number of hydrogen-bond donors (Lipinski definition) is 3. The van der Waals surface area contributed by atoms with Gasteiger partial charge >= 0.3 is 17.1 Å². The molecule has 0 aliphatic rings. The molecule has 1 atom stereocenters. The highest BCUT2D eigenvalue weighted by Crippen LogP contribution is 2.17. The van der Waals surface area contributed by atoms with Crippen LogP contribution in [0.1, 0.15) is 19.8 Å². The number of aliphatic carboxylic acids is 1. The molecule has 1 unspecified atom stereocenters. The van der Waals surface area contributed by atoms with Crippen LogP contribution in [0.5, 0.6) is 0 Å². The van der Waals surface area contributed by atoms with Crippen LogP contribution in [0.2, 0.25) is 0 Å². The standard InChI is InChI=1S/C10H16N4O4S/c1-10(11,8(17)18)4-3-5-19-9-12-6(15)7(16)13-14(9)2/h3-5,11H2,1-2H3,(H,13,16)(H,17,18). The third kappa shape index (κ3) is 4.21. The minimum atomic E-state index is -1.26. The number of nitrogens with two attached hydrogens (primary N) is 1. The van der Waals surface area contributed by atoms with Crippen molar-refractivity contribution in [2.75, 3.05) is 5.75 Å². The quantitative estimate of drug-likeness (QED) is 0.352. The van der Waals surface area contributed by atoms with Crippen LogP contribution in [0.3, 0.4) is 0 Å². The Morgan fingerprint density at radius 2 is 2.21 bits per heavy atom. The first-order valence-electron chi connectivity index (χ1n) is 5.56. The molecule has 106 valence electrons. The van der Waals surface area contributed by atoms with Crippen LogP contribution in [-0.4, -0.2) is 37.1 Å². The number of H-pyrrole nitrogens is 1. The first-order valence-corrected chi connectivity index (χ1v) is 6.55. The third-order valence-corrected chi connectivity index (χ3v) is 3.62. The zero-order valence-electron chi connectivity index (χ0n) is 10.7. The minimum absolute atomic E-state index is 0.312. The molecule has 0 aromatic carbocycles. The summed E-state index contributed by atoms with van der Waals surface area (Å²) in [6, 6.07) is 0. The van der Waals surface area contributed by atoms with Crippen LogP contribution in [0.15, 0.2) is 14.7 Å². The third-order valence-electron chi connectivity index (χ3n) is 2.51. The lowest BCUT2D eigenvalue weighted by Gasteiger charge is -2.18. The highest BCUT2D eigenvalue weighted by atomic mass is 32.2. The number of carbonyl (C=O) groups is 1. The predicted octanol–water partition coefficient (Wildman–Crippen LogP) is -0.857. The van der Waals surface area contributed by atoms with E-state index in [-0.39, 0.29) is 0 Å². The Kier molecular flexibility index (Phi) is 4.90. The number of aromatic amines is 1. The van der Waals surface area contributed by atoms with Crippen molar-refractivity contribution in [2.45, 2.75) is 30.5 Å². The van der Waals surface area contributed by atoms with E-state index in [1.54, 1.807) is 7.05 Å². The zero-order chi connectivity index (χ0) is 14.6. The van der Waals surface area contributed by atoms with Crippen LogP contribution < -0.4 is 16.9 Å². The molecule has 4 N–H and O–H groups in total. The summed E-state index contributed by atoms with van der Waals surface area (Å²) in [5.41, 5.74) is 2.72. The van der Waals surface area contributed by atoms with Crippen molar-refractivity contribution < 1.29 is 9.90 Å². The van der Waals surface area contributed by atoms with Gasteiger partial charge in [-0.15, -0.1) is 0 Å². The summed E-state index contributed by atoms with van der Waals surface area (Å²) in [5, 5.41) is 11.5. The molecule has 1 heterocycles. The smallest absolute Gasteiger partial charge is 0.339 e. The van der Waals surface area contributed by atoms with Gasteiger partial charge in [0.05, 0.1) is 0 Å². The summed E-state index contributed by atoms with van der Waals surface area (Å²) in [6.07, 6.45) is 0.867. The summed E-state index contributed by atoms with van der Waals surface area (Å²) in [4.78, 5) is 36.5. The van der Waals surface area contributed by atoms with Crippen molar-refractivity contribution in [1.29, 1.82) is 0 Å². The number of rotatable bonds is 6. The monoisotopic (exact) mass is 288 g/mol. The normalized spacial score (nSPS) is 14.1. The SMILES string of the molecule is Cn1[nH]c(=O)c(=O)nc1SCCCC(C)(N)C(=O)O. The molecule has 0 aliphatic heterocycles. The molecule has 1 rings (SSSR count). The van der Waals surface area contributed by atoms with E-state index in [0.717, 1.165) is 0 Å². The molecule has 1 aromatic heterocycles. The maximum Gasteiger partial charge on any atom is 0.339 e. The average Bonchev–Trinajstić information content (AvgIpc) is 2.30. The minimum Gasteiger partial charge on any atom is -0.480 e. The van der Waals surface area contributed by atoms with E-state index in [9.17, 15) is 14.4 Å². The predicted molar refractivity (Wildman–Crippen MR) is 70.3 cm³/mol. The zero-order valence-corrected chi connectivity index (χ0v) is 11.5. The van der Waals surface area contributed by atoms with Gasteiger partial charge < -0.3 is 10.8 Å². The number of thioether (sulfide) groups is 1. The molecule has 0 aliphatic carbocycles. The van der Waals surface area contributed by atoms with E-state index in [1.807, 2.05) is 0 Å². The maximum absolute atomic E-state index is 11.1. The molecule has 9 heteroatoms. The van der Waals surface area contributed by atoms with E-state index < -0.39 is 22.6 Å². The van der Waals surface area contributed by atoms with Gasteiger partial charge in [-0.2, -0.15) is 4.98 Å². The van der Waals surface area contributed by atoms with Gasteiger partial charge in [-0.1, -0.05) is 11.8 Å². The van der Waals surface area contributed by atoms with E-state index in [1.165, 1.54) is 23.4 Å². The summed E-state index contributed by atoms with van der Waals surface area (Å²) < 4.78 is 1.35. The first kappa shape index (κ1) is 15.4. The molecule has 19 heavy (non-hydrogen) atoms. The topological polar surface area (TPSA) is 131 Å². The van der Waals surface area contributed by atoms with Gasteiger partial charge in [0.15, 0.2) is 5.16 Å². The van der Waals surface area contributed by atoms with Gasteiger partial charge in [-0.25, -0.2) is 0 Å².